The molecule has 4 spiro atoms. The molecule has 7 saturated heterocycles. The summed E-state index contributed by atoms with van der Waals surface area (Å²) in [5.41, 5.74) is 14.9. The van der Waals surface area contributed by atoms with E-state index in [9.17, 15) is 19.2 Å². The Hall–Kier alpha value is -12.1. The Morgan fingerprint density at radius 3 is 0.918 bits per heavy atom. The summed E-state index contributed by atoms with van der Waals surface area (Å²) in [5, 5.41) is 20.1. The molecule has 11 aliphatic rings. The minimum atomic E-state index is -0.519. The lowest BCUT2D eigenvalue weighted by Crippen LogP contribution is -2.52. The van der Waals surface area contributed by atoms with Crippen LogP contribution in [0.3, 0.4) is 0 Å². The molecule has 0 radical (unpaired) electrons. The number of aryl methyl sites for hydroxylation is 4. The highest BCUT2D eigenvalue weighted by Crippen LogP contribution is 2.54. The van der Waals surface area contributed by atoms with E-state index in [0.29, 0.717) is 40.4 Å². The van der Waals surface area contributed by atoms with Gasteiger partial charge in [-0.15, -0.1) is 0 Å². The number of benzene rings is 8. The van der Waals surface area contributed by atoms with Crippen molar-refractivity contribution in [2.75, 3.05) is 125 Å². The quantitative estimate of drug-likeness (QED) is 0.0953. The Labute approximate surface area is 780 Å². The molecule has 4 aromatic heterocycles. The van der Waals surface area contributed by atoms with Crippen LogP contribution in [0.1, 0.15) is 122 Å². The number of aromatic nitrogens is 8. The first-order chi connectivity index (χ1) is 65.0. The van der Waals surface area contributed by atoms with Crippen molar-refractivity contribution in [1.82, 2.24) is 68.9 Å². The van der Waals surface area contributed by atoms with E-state index in [1.54, 1.807) is 95.8 Å². The van der Waals surface area contributed by atoms with Gasteiger partial charge in [0.1, 0.15) is 23.3 Å². The molecule has 4 amide bonds. The Balaban J connectivity index is 0.000000111. The maximum absolute atomic E-state index is 15.2. The number of carbonyl (C=O) groups is 4. The van der Waals surface area contributed by atoms with Gasteiger partial charge >= 0.3 is 0 Å². The number of para-hydroxylation sites is 4. The fourth-order valence-corrected chi connectivity index (χ4v) is 23.3. The first-order valence-corrected chi connectivity index (χ1v) is 47.7. The number of anilines is 4. The van der Waals surface area contributed by atoms with Crippen LogP contribution in [-0.2, 0) is 99.9 Å². The normalized spacial score (nSPS) is 21.3. The van der Waals surface area contributed by atoms with Gasteiger partial charge in [-0.1, -0.05) is 121 Å². The first kappa shape index (κ1) is 89.8. The zero-order valence-electron chi connectivity index (χ0n) is 77.4. The SMILES string of the molecule is CN1CCC(N2CCC3(CC2)C(=O)N(Cc2ccc(-c4cnn(C)c4)cc2F)c2ccccc23)C1.CN1CCC2(CC1)C(=O)N(Cc1ccc(-c3cnn(C)c3)cc1F)c1ccccc12.Cn1cc(-c2ccc(CN3C(=O)C4(CCN(C5CCCOC5)CC4)c4ccccc43)c(F)c2)cn1.Cn1cc(-c2ccc(CN3C(=O)C4(CCN(C5CCNC5)CC4)c4ccccc43)c(F)c2)cn1. The Morgan fingerprint density at radius 1 is 0.343 bits per heavy atom. The maximum atomic E-state index is 15.2. The summed E-state index contributed by atoms with van der Waals surface area (Å²) in [4.78, 5) is 75.0. The van der Waals surface area contributed by atoms with E-state index in [0.717, 1.165) is 245 Å². The average Bonchev–Trinajstić information content (AvgIpc) is 1.59. The molecule has 27 heteroatoms. The second-order valence-corrected chi connectivity index (χ2v) is 38.9. The predicted molar refractivity (Wildman–Crippen MR) is 512 cm³/mol. The second kappa shape index (κ2) is 37.3. The zero-order valence-corrected chi connectivity index (χ0v) is 77.4. The van der Waals surface area contributed by atoms with E-state index >= 15 is 17.6 Å². The standard InChI is InChI=1S/C28H32FN5O.C28H31FN4O2.C27H30FN5O.C24H25FN4O/c1-31-12-9-23(19-31)33-13-10-28(11-14-33)24-5-3-4-6-26(24)34(27(28)35)18-21-8-7-20(15-25(21)29)22-16-30-32(2)17-22;1-31-17-22(16-30-31)20-8-9-21(25(29)15-20)18-33-26-7-3-2-6-24(26)28(27(33)34)10-12-32(13-11-28)23-5-4-14-35-19-23;1-31-17-21(15-30-31)19-6-7-20(24(28)14-19)18-33-25-5-3-2-4-23(25)27(26(33)34)9-12-32(13-10-27)22-8-11-29-16-22;1-27-11-9-24(10-12-27)20-5-3-4-6-22(20)29(23(24)30)16-18-8-7-17(13-21(18)25)19-14-26-28(2)15-19/h3-8,15-17,23H,9-14,18-19H2,1-2H3;2-3,6-9,15-17,23H,4-5,10-14,18-19H2,1H3;2-7,14-15,17,22,29H,8-13,16,18H2,1H3;3-8,13-15H,9-12,16H2,1-2H3. The lowest BCUT2D eigenvalue weighted by Gasteiger charge is -2.43. The van der Waals surface area contributed by atoms with Crippen molar-refractivity contribution in [2.45, 2.75) is 143 Å². The third kappa shape index (κ3) is 17.0. The molecule has 7 fully saturated rings. The van der Waals surface area contributed by atoms with Crippen LogP contribution in [0.15, 0.2) is 219 Å². The number of likely N-dealkylation sites (tertiary alicyclic amines) is 5. The molecule has 0 bridgehead atoms. The fourth-order valence-electron chi connectivity index (χ4n) is 23.3. The number of amides is 4. The molecule has 694 valence electrons. The second-order valence-electron chi connectivity index (χ2n) is 38.9. The van der Waals surface area contributed by atoms with E-state index in [1.165, 1.54) is 18.9 Å². The summed E-state index contributed by atoms with van der Waals surface area (Å²) in [6.07, 6.45) is 25.5. The van der Waals surface area contributed by atoms with Crippen LogP contribution in [0.25, 0.3) is 44.5 Å². The zero-order chi connectivity index (χ0) is 92.3. The molecule has 23 rings (SSSR count). The molecule has 23 nitrogen and oxygen atoms in total. The molecule has 1 N–H and O–H groups in total. The summed E-state index contributed by atoms with van der Waals surface area (Å²) >= 11 is 0. The van der Waals surface area contributed by atoms with Gasteiger partial charge in [0.25, 0.3) is 0 Å². The van der Waals surface area contributed by atoms with E-state index in [2.05, 4.69) is 88.6 Å². The van der Waals surface area contributed by atoms with Crippen LogP contribution in [0, 0.1) is 23.3 Å². The number of nitrogens with zero attached hydrogens (tertiary/aromatic N) is 17. The van der Waals surface area contributed by atoms with Gasteiger partial charge in [0, 0.05) is 158 Å². The Bertz CT molecular complexity index is 6170. The predicted octanol–water partition coefficient (Wildman–Crippen LogP) is 15.3. The molecule has 3 atom stereocenters. The maximum Gasteiger partial charge on any atom is 0.238 e. The Morgan fingerprint density at radius 2 is 0.649 bits per heavy atom. The van der Waals surface area contributed by atoms with Gasteiger partial charge in [-0.05, 0) is 250 Å². The number of hydrogen-bond acceptors (Lipinski definition) is 15. The van der Waals surface area contributed by atoms with Gasteiger partial charge in [0.15, 0.2) is 0 Å². The molecule has 0 aliphatic carbocycles. The lowest BCUT2D eigenvalue weighted by atomic mass is 9.73. The van der Waals surface area contributed by atoms with Gasteiger partial charge in [-0.25, -0.2) is 17.6 Å². The highest BCUT2D eigenvalue weighted by molar-refractivity contribution is 6.11. The minimum Gasteiger partial charge on any atom is -0.380 e. The number of ether oxygens (including phenoxy) is 1. The third-order valence-electron chi connectivity index (χ3n) is 31.0. The van der Waals surface area contributed by atoms with Crippen molar-refractivity contribution < 1.29 is 41.5 Å². The van der Waals surface area contributed by atoms with E-state index in [-0.39, 0.29) is 73.1 Å². The number of hydrogen-bond donors (Lipinski definition) is 1. The molecule has 12 aromatic rings. The van der Waals surface area contributed by atoms with Gasteiger partial charge < -0.3 is 39.5 Å². The largest absolute Gasteiger partial charge is 0.380 e. The van der Waals surface area contributed by atoms with Crippen molar-refractivity contribution in [2.24, 2.45) is 28.2 Å². The molecular weight excluding hydrogens is 1690 g/mol. The van der Waals surface area contributed by atoms with E-state index in [4.69, 9.17) is 4.74 Å². The van der Waals surface area contributed by atoms with E-state index < -0.39 is 21.7 Å². The smallest absolute Gasteiger partial charge is 0.238 e. The summed E-state index contributed by atoms with van der Waals surface area (Å²) < 4.78 is 73.1. The van der Waals surface area contributed by atoms with Crippen LogP contribution in [-0.4, -0.2) is 211 Å². The number of nitrogens with one attached hydrogen (secondary N) is 1. The number of carbonyl (C=O) groups excluding carboxylic acids is 4. The molecule has 0 saturated carbocycles. The van der Waals surface area contributed by atoms with Gasteiger partial charge in [-0.2, -0.15) is 20.4 Å². The molecule has 15 heterocycles. The van der Waals surface area contributed by atoms with Crippen molar-refractivity contribution >= 4 is 46.4 Å². The van der Waals surface area contributed by atoms with Crippen molar-refractivity contribution in [3.05, 3.63) is 287 Å². The van der Waals surface area contributed by atoms with Crippen LogP contribution in [0.4, 0.5) is 40.3 Å². The van der Waals surface area contributed by atoms with Crippen molar-refractivity contribution in [1.29, 1.82) is 0 Å². The molecular formula is C107H118F4N18O5. The molecule has 3 unspecified atom stereocenters. The number of piperidine rings is 4. The van der Waals surface area contributed by atoms with E-state index in [1.807, 2.05) is 160 Å². The monoisotopic (exact) mass is 1810 g/mol. The fraction of sp³-hybridized carbons (Fsp3) is 0.402. The summed E-state index contributed by atoms with van der Waals surface area (Å²) in [6.45, 7) is 14.2. The van der Waals surface area contributed by atoms with Crippen LogP contribution in [0.2, 0.25) is 0 Å². The number of halogens is 4. The number of rotatable bonds is 15. The molecule has 11 aliphatic heterocycles. The lowest BCUT2D eigenvalue weighted by molar-refractivity contribution is -0.126. The summed E-state index contributed by atoms with van der Waals surface area (Å²) in [6, 6.07) is 54.9. The van der Waals surface area contributed by atoms with Gasteiger partial charge in [-0.3, -0.25) is 52.6 Å². The summed E-state index contributed by atoms with van der Waals surface area (Å²) in [5.74, 6) is -0.739. The average molecular weight is 1810 g/mol. The van der Waals surface area contributed by atoms with Crippen LogP contribution < -0.4 is 24.9 Å². The Kier molecular flexibility index (Phi) is 25.0. The van der Waals surface area contributed by atoms with Crippen LogP contribution in [0.5, 0.6) is 0 Å². The van der Waals surface area contributed by atoms with Crippen molar-refractivity contribution in [3.63, 3.8) is 0 Å². The number of likely N-dealkylation sites (N-methyl/N-ethyl adjacent to an activating group) is 1. The van der Waals surface area contributed by atoms with Gasteiger partial charge in [0.05, 0.1) is 79.2 Å². The first-order valence-electron chi connectivity index (χ1n) is 47.7. The number of fused-ring (bicyclic) bond motifs is 8. The highest BCUT2D eigenvalue weighted by Gasteiger charge is 2.57. The summed E-state index contributed by atoms with van der Waals surface area (Å²) in [7, 11) is 11.6. The molecule has 134 heavy (non-hydrogen) atoms. The minimum absolute atomic E-state index is 0.104. The molecule has 8 aromatic carbocycles. The van der Waals surface area contributed by atoms with Crippen molar-refractivity contribution in [3.8, 4) is 44.5 Å². The van der Waals surface area contributed by atoms with Crippen LogP contribution >= 0.6 is 0 Å². The van der Waals surface area contributed by atoms with Gasteiger partial charge in [0.2, 0.25) is 23.6 Å². The topological polar surface area (TPSA) is 190 Å². The highest BCUT2D eigenvalue weighted by atomic mass is 19.1. The third-order valence-corrected chi connectivity index (χ3v) is 31.0.